The molecule has 1 heterocycles. The van der Waals surface area contributed by atoms with Gasteiger partial charge in [-0.25, -0.2) is 4.68 Å². The first-order valence-electron chi connectivity index (χ1n) is 6.18. The molecule has 0 unspecified atom stereocenters. The quantitative estimate of drug-likeness (QED) is 0.783. The Morgan fingerprint density at radius 2 is 1.94 bits per heavy atom. The van der Waals surface area contributed by atoms with E-state index in [1.54, 1.807) is 0 Å². The topological polar surface area (TPSA) is 17.8 Å². The Bertz CT molecular complexity index is 509. The van der Waals surface area contributed by atoms with Gasteiger partial charge in [0.15, 0.2) is 0 Å². The molecule has 0 aliphatic rings. The highest BCUT2D eigenvalue weighted by Crippen LogP contribution is 2.16. The van der Waals surface area contributed by atoms with Crippen LogP contribution in [0.25, 0.3) is 5.69 Å². The lowest BCUT2D eigenvalue weighted by molar-refractivity contribution is 0.628. The summed E-state index contributed by atoms with van der Waals surface area (Å²) in [4.78, 5) is 0. The van der Waals surface area contributed by atoms with Gasteiger partial charge in [0.1, 0.15) is 0 Å². The molecule has 1 aromatic carbocycles. The van der Waals surface area contributed by atoms with Crippen LogP contribution >= 0.6 is 0 Å². The van der Waals surface area contributed by atoms with E-state index in [1.165, 1.54) is 22.5 Å². The van der Waals surface area contributed by atoms with E-state index < -0.39 is 0 Å². The molecular weight excluding hydrogens is 208 g/mol. The summed E-state index contributed by atoms with van der Waals surface area (Å²) >= 11 is 0. The van der Waals surface area contributed by atoms with E-state index in [9.17, 15) is 0 Å². The number of hydrogen-bond donors (Lipinski definition) is 0. The molecule has 1 aromatic heterocycles. The molecule has 0 bridgehead atoms. The molecule has 0 radical (unpaired) electrons. The van der Waals surface area contributed by atoms with Crippen LogP contribution in [-0.2, 0) is 6.42 Å². The number of aromatic nitrogens is 2. The summed E-state index contributed by atoms with van der Waals surface area (Å²) in [6.45, 7) is 8.67. The minimum absolute atomic E-state index is 0.650. The van der Waals surface area contributed by atoms with Crippen LogP contribution in [0.4, 0.5) is 0 Å². The number of benzene rings is 1. The van der Waals surface area contributed by atoms with E-state index >= 15 is 0 Å². The van der Waals surface area contributed by atoms with Gasteiger partial charge in [-0.15, -0.1) is 0 Å². The van der Waals surface area contributed by atoms with Crippen molar-refractivity contribution in [3.63, 3.8) is 0 Å². The van der Waals surface area contributed by atoms with Crippen molar-refractivity contribution in [1.29, 1.82) is 0 Å². The number of rotatable bonds is 3. The molecule has 2 rings (SSSR count). The molecule has 2 aromatic rings. The second kappa shape index (κ2) is 4.74. The van der Waals surface area contributed by atoms with Gasteiger partial charge < -0.3 is 0 Å². The standard InChI is InChI=1S/C15H20N2/c1-11(2)9-14-7-8-17(16-14)15-10-12(3)5-6-13(15)4/h5-8,10-11H,9H2,1-4H3. The number of hydrogen-bond acceptors (Lipinski definition) is 1. The van der Waals surface area contributed by atoms with Gasteiger partial charge in [0.25, 0.3) is 0 Å². The van der Waals surface area contributed by atoms with Crippen molar-refractivity contribution in [3.8, 4) is 5.69 Å². The maximum atomic E-state index is 4.64. The average Bonchev–Trinajstić information content (AvgIpc) is 2.69. The molecule has 0 fully saturated rings. The molecule has 0 N–H and O–H groups in total. The van der Waals surface area contributed by atoms with E-state index in [-0.39, 0.29) is 0 Å². The molecule has 0 saturated carbocycles. The predicted molar refractivity (Wildman–Crippen MR) is 71.6 cm³/mol. The summed E-state index contributed by atoms with van der Waals surface area (Å²) in [5.74, 6) is 0.650. The Morgan fingerprint density at radius 1 is 1.18 bits per heavy atom. The molecule has 0 aliphatic carbocycles. The molecular formula is C15H20N2. The van der Waals surface area contributed by atoms with Gasteiger partial charge in [-0.05, 0) is 49.4 Å². The molecule has 0 spiro atoms. The fraction of sp³-hybridized carbons (Fsp3) is 0.400. The van der Waals surface area contributed by atoms with Gasteiger partial charge in [-0.1, -0.05) is 26.0 Å². The predicted octanol–water partition coefficient (Wildman–Crippen LogP) is 3.69. The summed E-state index contributed by atoms with van der Waals surface area (Å²) in [6.07, 6.45) is 3.09. The Morgan fingerprint density at radius 3 is 2.65 bits per heavy atom. The first kappa shape index (κ1) is 11.9. The monoisotopic (exact) mass is 228 g/mol. The lowest BCUT2D eigenvalue weighted by atomic mass is 10.1. The van der Waals surface area contributed by atoms with Crippen molar-refractivity contribution < 1.29 is 0 Å². The Kier molecular flexibility index (Phi) is 3.32. The average molecular weight is 228 g/mol. The van der Waals surface area contributed by atoms with E-state index in [1.807, 2.05) is 4.68 Å². The molecule has 0 atom stereocenters. The zero-order valence-corrected chi connectivity index (χ0v) is 11.1. The third-order valence-corrected chi connectivity index (χ3v) is 2.87. The Hall–Kier alpha value is -1.57. The molecule has 90 valence electrons. The van der Waals surface area contributed by atoms with Crippen molar-refractivity contribution in [2.75, 3.05) is 0 Å². The van der Waals surface area contributed by atoms with Gasteiger partial charge in [-0.2, -0.15) is 5.10 Å². The highest BCUT2D eigenvalue weighted by atomic mass is 15.3. The molecule has 0 amide bonds. The van der Waals surface area contributed by atoms with Gasteiger partial charge in [0.2, 0.25) is 0 Å². The van der Waals surface area contributed by atoms with Crippen LogP contribution in [0.3, 0.4) is 0 Å². The fourth-order valence-corrected chi connectivity index (χ4v) is 1.99. The molecule has 0 aliphatic heterocycles. The molecule has 0 saturated heterocycles. The SMILES string of the molecule is Cc1ccc(C)c(-n2ccc(CC(C)C)n2)c1. The van der Waals surface area contributed by atoms with Crippen LogP contribution in [0.1, 0.15) is 30.7 Å². The maximum Gasteiger partial charge on any atom is 0.0677 e. The lowest BCUT2D eigenvalue weighted by Gasteiger charge is -2.07. The fourth-order valence-electron chi connectivity index (χ4n) is 1.99. The summed E-state index contributed by atoms with van der Waals surface area (Å²) in [5, 5.41) is 4.64. The first-order chi connectivity index (χ1) is 8.06. The van der Waals surface area contributed by atoms with Crippen molar-refractivity contribution in [1.82, 2.24) is 9.78 Å². The highest BCUT2D eigenvalue weighted by molar-refractivity contribution is 5.42. The van der Waals surface area contributed by atoms with E-state index in [4.69, 9.17) is 0 Å². The zero-order chi connectivity index (χ0) is 12.4. The number of nitrogens with zero attached hydrogens (tertiary/aromatic N) is 2. The summed E-state index contributed by atoms with van der Waals surface area (Å²) in [5.41, 5.74) is 4.88. The van der Waals surface area contributed by atoms with Crippen molar-refractivity contribution in [2.45, 2.75) is 34.1 Å². The molecule has 2 nitrogen and oxygen atoms in total. The Labute approximate surface area is 103 Å². The Balaban J connectivity index is 2.33. The van der Waals surface area contributed by atoms with Crippen molar-refractivity contribution in [2.24, 2.45) is 5.92 Å². The van der Waals surface area contributed by atoms with E-state index in [0.717, 1.165) is 6.42 Å². The van der Waals surface area contributed by atoms with Crippen LogP contribution in [-0.4, -0.2) is 9.78 Å². The van der Waals surface area contributed by atoms with E-state index in [2.05, 4.69) is 63.3 Å². The molecule has 2 heteroatoms. The first-order valence-corrected chi connectivity index (χ1v) is 6.18. The number of aryl methyl sites for hydroxylation is 2. The van der Waals surface area contributed by atoms with Crippen molar-refractivity contribution >= 4 is 0 Å². The van der Waals surface area contributed by atoms with Gasteiger partial charge in [-0.3, -0.25) is 0 Å². The van der Waals surface area contributed by atoms with Gasteiger partial charge in [0.05, 0.1) is 11.4 Å². The van der Waals surface area contributed by atoms with Crippen LogP contribution in [0.2, 0.25) is 0 Å². The maximum absolute atomic E-state index is 4.64. The minimum atomic E-state index is 0.650. The summed E-state index contributed by atoms with van der Waals surface area (Å²) in [6, 6.07) is 8.58. The second-order valence-electron chi connectivity index (χ2n) is 5.14. The summed E-state index contributed by atoms with van der Waals surface area (Å²) < 4.78 is 1.99. The normalized spacial score (nSPS) is 11.1. The molecule has 17 heavy (non-hydrogen) atoms. The third kappa shape index (κ3) is 2.76. The van der Waals surface area contributed by atoms with Gasteiger partial charge in [0, 0.05) is 6.20 Å². The van der Waals surface area contributed by atoms with Crippen LogP contribution in [0.5, 0.6) is 0 Å². The van der Waals surface area contributed by atoms with Crippen LogP contribution < -0.4 is 0 Å². The van der Waals surface area contributed by atoms with Gasteiger partial charge >= 0.3 is 0 Å². The smallest absolute Gasteiger partial charge is 0.0677 e. The minimum Gasteiger partial charge on any atom is -0.240 e. The second-order valence-corrected chi connectivity index (χ2v) is 5.14. The largest absolute Gasteiger partial charge is 0.240 e. The third-order valence-electron chi connectivity index (χ3n) is 2.87. The van der Waals surface area contributed by atoms with Crippen LogP contribution in [0.15, 0.2) is 30.5 Å². The lowest BCUT2D eigenvalue weighted by Crippen LogP contribution is -2.01. The summed E-state index contributed by atoms with van der Waals surface area (Å²) in [7, 11) is 0. The zero-order valence-electron chi connectivity index (χ0n) is 11.1. The van der Waals surface area contributed by atoms with Crippen molar-refractivity contribution in [3.05, 3.63) is 47.3 Å². The van der Waals surface area contributed by atoms with Crippen LogP contribution in [0, 0.1) is 19.8 Å². The highest BCUT2D eigenvalue weighted by Gasteiger charge is 2.05. The van der Waals surface area contributed by atoms with E-state index in [0.29, 0.717) is 5.92 Å².